The zero-order chi connectivity index (χ0) is 10.2. The van der Waals surface area contributed by atoms with E-state index in [1.165, 1.54) is 18.5 Å². The normalized spacial score (nSPS) is 15.7. The molecule has 0 aromatic heterocycles. The molecule has 0 fully saturated rings. The molecule has 0 heterocycles. The van der Waals surface area contributed by atoms with E-state index in [9.17, 15) is 0 Å². The summed E-state index contributed by atoms with van der Waals surface area (Å²) in [6, 6.07) is 2.46. The van der Waals surface area contributed by atoms with Crippen molar-refractivity contribution in [1.82, 2.24) is 5.32 Å². The van der Waals surface area contributed by atoms with Crippen LogP contribution in [0, 0.1) is 0 Å². The van der Waals surface area contributed by atoms with Crippen LogP contribution in [0.3, 0.4) is 0 Å². The van der Waals surface area contributed by atoms with Gasteiger partial charge in [0.2, 0.25) is 0 Å². The minimum atomic E-state index is -1.33. The van der Waals surface area contributed by atoms with Crippen molar-refractivity contribution in [3.63, 3.8) is 0 Å². The van der Waals surface area contributed by atoms with Crippen molar-refractivity contribution < 1.29 is 4.43 Å². The van der Waals surface area contributed by atoms with Gasteiger partial charge in [0.1, 0.15) is 0 Å². The molecule has 1 unspecified atom stereocenters. The number of hydrogen-bond donors (Lipinski definition) is 2. The first kappa shape index (κ1) is 13.1. The summed E-state index contributed by atoms with van der Waals surface area (Å²) in [5.74, 6) is 0. The van der Waals surface area contributed by atoms with Crippen LogP contribution in [0.5, 0.6) is 0 Å². The Hall–Kier alpha value is 0.0969. The third-order valence-electron chi connectivity index (χ3n) is 2.62. The zero-order valence-corrected chi connectivity index (χ0v) is 10.2. The van der Waals surface area contributed by atoms with Crippen LogP contribution < -0.4 is 11.1 Å². The van der Waals surface area contributed by atoms with E-state index in [0.29, 0.717) is 0 Å². The van der Waals surface area contributed by atoms with Gasteiger partial charge in [0.05, 0.1) is 0 Å². The average Bonchev–Trinajstić information content (AvgIpc) is 2.17. The lowest BCUT2D eigenvalue weighted by atomic mass is 10.5. The van der Waals surface area contributed by atoms with E-state index in [1.807, 2.05) is 7.11 Å². The van der Waals surface area contributed by atoms with E-state index in [1.54, 1.807) is 0 Å². The molecule has 0 aromatic carbocycles. The molecular formula is C9H24N2OSi. The maximum absolute atomic E-state index is 5.58. The summed E-state index contributed by atoms with van der Waals surface area (Å²) in [4.78, 5) is 0. The van der Waals surface area contributed by atoms with Gasteiger partial charge in [-0.25, -0.2) is 0 Å². The Labute approximate surface area is 83.2 Å². The monoisotopic (exact) mass is 204 g/mol. The van der Waals surface area contributed by atoms with E-state index in [0.717, 1.165) is 19.6 Å². The van der Waals surface area contributed by atoms with Gasteiger partial charge in [-0.05, 0) is 31.6 Å². The Morgan fingerprint density at radius 1 is 1.38 bits per heavy atom. The van der Waals surface area contributed by atoms with Gasteiger partial charge in [0.15, 0.2) is 8.32 Å². The van der Waals surface area contributed by atoms with E-state index in [2.05, 4.69) is 18.8 Å². The molecule has 1 atom stereocenters. The molecule has 0 rings (SSSR count). The first-order valence-electron chi connectivity index (χ1n) is 5.14. The van der Waals surface area contributed by atoms with Crippen LogP contribution in [-0.2, 0) is 4.43 Å². The predicted molar refractivity (Wildman–Crippen MR) is 60.5 cm³/mol. The van der Waals surface area contributed by atoms with Gasteiger partial charge in [0.25, 0.3) is 0 Å². The highest BCUT2D eigenvalue weighted by molar-refractivity contribution is 6.72. The Balaban J connectivity index is 3.39. The highest BCUT2D eigenvalue weighted by Gasteiger charge is 2.23. The largest absolute Gasteiger partial charge is 0.420 e. The maximum Gasteiger partial charge on any atom is 0.189 e. The summed E-state index contributed by atoms with van der Waals surface area (Å²) in [6.07, 6.45) is 1.21. The summed E-state index contributed by atoms with van der Waals surface area (Å²) in [6.45, 7) is 7.26. The number of nitrogens with one attached hydrogen (secondary N) is 1. The number of nitrogens with two attached hydrogens (primary N) is 1. The molecule has 0 saturated carbocycles. The molecule has 0 aromatic rings. The first-order chi connectivity index (χ1) is 6.18. The minimum absolute atomic E-state index is 0.729. The van der Waals surface area contributed by atoms with Gasteiger partial charge in [-0.3, -0.25) is 0 Å². The van der Waals surface area contributed by atoms with Crippen molar-refractivity contribution in [3.8, 4) is 0 Å². The van der Waals surface area contributed by atoms with Crippen LogP contribution >= 0.6 is 0 Å². The molecule has 0 aliphatic carbocycles. The average molecular weight is 204 g/mol. The molecule has 0 radical (unpaired) electrons. The van der Waals surface area contributed by atoms with Crippen molar-refractivity contribution in [3.05, 3.63) is 0 Å². The van der Waals surface area contributed by atoms with Gasteiger partial charge >= 0.3 is 0 Å². The molecule has 0 amide bonds. The SMILES string of the molecule is CC[Si](C)(CCCNCCN)OC. The molecule has 0 saturated heterocycles. The molecule has 3 N–H and O–H groups in total. The Morgan fingerprint density at radius 2 is 2.08 bits per heavy atom. The fourth-order valence-electron chi connectivity index (χ4n) is 1.24. The Morgan fingerprint density at radius 3 is 2.54 bits per heavy atom. The summed E-state index contributed by atoms with van der Waals surface area (Å²) < 4.78 is 5.58. The standard InChI is InChI=1S/C9H24N2OSi/c1-4-13(3,12-2)9-5-7-11-8-6-10/h11H,4-10H2,1-3H3. The third kappa shape index (κ3) is 6.21. The van der Waals surface area contributed by atoms with E-state index in [4.69, 9.17) is 10.2 Å². The van der Waals surface area contributed by atoms with Crippen LogP contribution in [0.4, 0.5) is 0 Å². The Kier molecular flexibility index (Phi) is 7.55. The molecule has 4 heteroatoms. The molecule has 0 bridgehead atoms. The minimum Gasteiger partial charge on any atom is -0.420 e. The second-order valence-electron chi connectivity index (χ2n) is 3.65. The lowest BCUT2D eigenvalue weighted by Gasteiger charge is -2.23. The van der Waals surface area contributed by atoms with Gasteiger partial charge < -0.3 is 15.5 Å². The van der Waals surface area contributed by atoms with Crippen molar-refractivity contribution in [1.29, 1.82) is 0 Å². The zero-order valence-electron chi connectivity index (χ0n) is 9.23. The van der Waals surface area contributed by atoms with E-state index >= 15 is 0 Å². The summed E-state index contributed by atoms with van der Waals surface area (Å²) in [7, 11) is 0.521. The molecule has 0 aliphatic rings. The van der Waals surface area contributed by atoms with E-state index < -0.39 is 8.32 Å². The highest BCUT2D eigenvalue weighted by Crippen LogP contribution is 2.16. The first-order valence-corrected chi connectivity index (χ1v) is 7.96. The van der Waals surface area contributed by atoms with Crippen molar-refractivity contribution in [2.24, 2.45) is 5.73 Å². The van der Waals surface area contributed by atoms with Crippen molar-refractivity contribution >= 4 is 8.32 Å². The molecule has 13 heavy (non-hydrogen) atoms. The fraction of sp³-hybridized carbons (Fsp3) is 1.00. The van der Waals surface area contributed by atoms with Crippen molar-refractivity contribution in [2.45, 2.75) is 32.0 Å². The molecule has 80 valence electrons. The summed E-state index contributed by atoms with van der Waals surface area (Å²) in [5.41, 5.74) is 5.37. The lowest BCUT2D eigenvalue weighted by Crippen LogP contribution is -2.33. The molecule has 3 nitrogen and oxygen atoms in total. The second kappa shape index (κ2) is 7.50. The fourth-order valence-corrected chi connectivity index (χ4v) is 3.01. The number of hydrogen-bond acceptors (Lipinski definition) is 3. The van der Waals surface area contributed by atoms with Crippen LogP contribution in [0.1, 0.15) is 13.3 Å². The van der Waals surface area contributed by atoms with Gasteiger partial charge in [-0.1, -0.05) is 6.92 Å². The molecule has 0 aliphatic heterocycles. The summed E-state index contributed by atoms with van der Waals surface area (Å²) >= 11 is 0. The number of rotatable bonds is 8. The lowest BCUT2D eigenvalue weighted by molar-refractivity contribution is 0.395. The highest BCUT2D eigenvalue weighted by atomic mass is 28.4. The maximum atomic E-state index is 5.58. The molecule has 0 spiro atoms. The smallest absolute Gasteiger partial charge is 0.189 e. The van der Waals surface area contributed by atoms with E-state index in [-0.39, 0.29) is 0 Å². The summed E-state index contributed by atoms with van der Waals surface area (Å²) in [5, 5.41) is 3.30. The topological polar surface area (TPSA) is 47.3 Å². The molecular weight excluding hydrogens is 180 g/mol. The third-order valence-corrected chi connectivity index (χ3v) is 6.51. The van der Waals surface area contributed by atoms with Crippen LogP contribution in [0.2, 0.25) is 18.6 Å². The Bertz CT molecular complexity index is 118. The predicted octanol–water partition coefficient (Wildman–Crippen LogP) is 1.17. The second-order valence-corrected chi connectivity index (χ2v) is 8.16. The van der Waals surface area contributed by atoms with Crippen molar-refractivity contribution in [2.75, 3.05) is 26.7 Å². The van der Waals surface area contributed by atoms with Gasteiger partial charge in [-0.15, -0.1) is 0 Å². The van der Waals surface area contributed by atoms with Gasteiger partial charge in [-0.2, -0.15) is 0 Å². The van der Waals surface area contributed by atoms with Crippen LogP contribution in [0.15, 0.2) is 0 Å². The van der Waals surface area contributed by atoms with Crippen LogP contribution in [-0.4, -0.2) is 35.1 Å². The quantitative estimate of drug-likeness (QED) is 0.461. The van der Waals surface area contributed by atoms with Gasteiger partial charge in [0, 0.05) is 20.2 Å². The van der Waals surface area contributed by atoms with Crippen LogP contribution in [0.25, 0.3) is 0 Å².